The Morgan fingerprint density at radius 2 is 1.94 bits per heavy atom. The SMILES string of the molecule is OC1(Cc2cccc(Cl)c2)C2CCCCC21. The monoisotopic (exact) mass is 236 g/mol. The molecule has 0 bridgehead atoms. The van der Waals surface area contributed by atoms with E-state index in [9.17, 15) is 5.11 Å². The van der Waals surface area contributed by atoms with Crippen LogP contribution in [0.25, 0.3) is 0 Å². The minimum atomic E-state index is -0.415. The Morgan fingerprint density at radius 3 is 2.56 bits per heavy atom. The summed E-state index contributed by atoms with van der Waals surface area (Å²) >= 11 is 5.97. The molecular formula is C14H17ClO. The molecule has 2 atom stereocenters. The molecule has 2 unspecified atom stereocenters. The molecule has 16 heavy (non-hydrogen) atoms. The molecule has 0 radical (unpaired) electrons. The summed E-state index contributed by atoms with van der Waals surface area (Å²) in [7, 11) is 0. The van der Waals surface area contributed by atoms with E-state index in [-0.39, 0.29) is 0 Å². The number of halogens is 1. The highest BCUT2D eigenvalue weighted by Crippen LogP contribution is 2.59. The van der Waals surface area contributed by atoms with Crippen molar-refractivity contribution in [2.24, 2.45) is 11.8 Å². The molecule has 2 fully saturated rings. The van der Waals surface area contributed by atoms with Gasteiger partial charge in [-0.2, -0.15) is 0 Å². The van der Waals surface area contributed by atoms with Gasteiger partial charge in [0.15, 0.2) is 0 Å². The van der Waals surface area contributed by atoms with Crippen LogP contribution in [0, 0.1) is 11.8 Å². The van der Waals surface area contributed by atoms with Gasteiger partial charge in [0.25, 0.3) is 0 Å². The van der Waals surface area contributed by atoms with E-state index in [0.29, 0.717) is 11.8 Å². The molecule has 1 aromatic rings. The number of benzene rings is 1. The Kier molecular flexibility index (Phi) is 2.49. The zero-order chi connectivity index (χ0) is 11.2. The van der Waals surface area contributed by atoms with Gasteiger partial charge in [0.2, 0.25) is 0 Å². The van der Waals surface area contributed by atoms with Crippen molar-refractivity contribution in [1.29, 1.82) is 0 Å². The molecule has 0 saturated heterocycles. The summed E-state index contributed by atoms with van der Waals surface area (Å²) in [5.41, 5.74) is 0.755. The van der Waals surface area contributed by atoms with Crippen molar-refractivity contribution in [3.05, 3.63) is 34.9 Å². The van der Waals surface area contributed by atoms with Gasteiger partial charge >= 0.3 is 0 Å². The van der Waals surface area contributed by atoms with E-state index in [1.54, 1.807) is 0 Å². The van der Waals surface area contributed by atoms with E-state index in [2.05, 4.69) is 6.07 Å². The van der Waals surface area contributed by atoms with Crippen molar-refractivity contribution in [2.45, 2.75) is 37.7 Å². The summed E-state index contributed by atoms with van der Waals surface area (Å²) in [5, 5.41) is 11.4. The molecule has 0 aromatic heterocycles. The Labute approximate surface area is 101 Å². The molecule has 1 aromatic carbocycles. The van der Waals surface area contributed by atoms with Gasteiger partial charge in [-0.3, -0.25) is 0 Å². The third-order valence-corrected chi connectivity index (χ3v) is 4.55. The van der Waals surface area contributed by atoms with Gasteiger partial charge in [-0.05, 0) is 42.4 Å². The fraction of sp³-hybridized carbons (Fsp3) is 0.571. The van der Waals surface area contributed by atoms with Crippen LogP contribution < -0.4 is 0 Å². The molecule has 0 spiro atoms. The lowest BCUT2D eigenvalue weighted by atomic mass is 10.0. The van der Waals surface area contributed by atoms with Gasteiger partial charge in [-0.25, -0.2) is 0 Å². The first-order chi connectivity index (χ1) is 7.70. The topological polar surface area (TPSA) is 20.2 Å². The van der Waals surface area contributed by atoms with Crippen LogP contribution in [0.5, 0.6) is 0 Å². The summed E-state index contributed by atoms with van der Waals surface area (Å²) in [6.07, 6.45) is 5.78. The molecule has 3 rings (SSSR count). The first kappa shape index (κ1) is 10.6. The van der Waals surface area contributed by atoms with E-state index in [1.165, 1.54) is 31.2 Å². The molecule has 2 aliphatic rings. The summed E-state index contributed by atoms with van der Waals surface area (Å²) in [5.74, 6) is 1.11. The van der Waals surface area contributed by atoms with Gasteiger partial charge in [0, 0.05) is 11.4 Å². The van der Waals surface area contributed by atoms with Gasteiger partial charge in [-0.15, -0.1) is 0 Å². The maximum Gasteiger partial charge on any atom is 0.0751 e. The molecule has 0 aliphatic heterocycles. The van der Waals surface area contributed by atoms with Crippen molar-refractivity contribution in [3.63, 3.8) is 0 Å². The Morgan fingerprint density at radius 1 is 1.25 bits per heavy atom. The molecule has 2 heteroatoms. The number of aliphatic hydroxyl groups is 1. The zero-order valence-electron chi connectivity index (χ0n) is 9.32. The minimum Gasteiger partial charge on any atom is -0.389 e. The van der Waals surface area contributed by atoms with Crippen LogP contribution in [0.3, 0.4) is 0 Å². The van der Waals surface area contributed by atoms with Crippen LogP contribution in [0.15, 0.2) is 24.3 Å². The lowest BCUT2D eigenvalue weighted by Crippen LogP contribution is -2.16. The minimum absolute atomic E-state index is 0.415. The van der Waals surface area contributed by atoms with Crippen molar-refractivity contribution in [3.8, 4) is 0 Å². The Hall–Kier alpha value is -0.530. The first-order valence-corrected chi connectivity index (χ1v) is 6.55. The smallest absolute Gasteiger partial charge is 0.0751 e. The Bertz CT molecular complexity index is 389. The third-order valence-electron chi connectivity index (χ3n) is 4.32. The van der Waals surface area contributed by atoms with Gasteiger partial charge in [0.1, 0.15) is 0 Å². The Balaban J connectivity index is 1.76. The standard InChI is InChI=1S/C14H17ClO/c15-11-5-3-4-10(8-11)9-14(16)12-6-1-2-7-13(12)14/h3-5,8,12-13,16H,1-2,6-7,9H2. The van der Waals surface area contributed by atoms with Crippen LogP contribution in [0.4, 0.5) is 0 Å². The fourth-order valence-corrected chi connectivity index (χ4v) is 3.67. The van der Waals surface area contributed by atoms with Gasteiger partial charge in [0.05, 0.1) is 5.60 Å². The molecule has 0 heterocycles. The van der Waals surface area contributed by atoms with Crippen LogP contribution in [-0.4, -0.2) is 10.7 Å². The average Bonchev–Trinajstić information content (AvgIpc) is 2.85. The van der Waals surface area contributed by atoms with Crippen LogP contribution in [0.1, 0.15) is 31.2 Å². The van der Waals surface area contributed by atoms with E-state index in [0.717, 1.165) is 11.4 Å². The lowest BCUT2D eigenvalue weighted by Gasteiger charge is -2.10. The molecule has 86 valence electrons. The maximum atomic E-state index is 10.6. The second-order valence-electron chi connectivity index (χ2n) is 5.30. The summed E-state index contributed by atoms with van der Waals surface area (Å²) in [6, 6.07) is 7.89. The zero-order valence-corrected chi connectivity index (χ0v) is 10.1. The summed E-state index contributed by atoms with van der Waals surface area (Å²) < 4.78 is 0. The van der Waals surface area contributed by atoms with Gasteiger partial charge in [-0.1, -0.05) is 36.6 Å². The second-order valence-corrected chi connectivity index (χ2v) is 5.73. The average molecular weight is 237 g/mol. The van der Waals surface area contributed by atoms with Crippen molar-refractivity contribution >= 4 is 11.6 Å². The third kappa shape index (κ3) is 1.66. The van der Waals surface area contributed by atoms with Crippen molar-refractivity contribution < 1.29 is 5.11 Å². The quantitative estimate of drug-likeness (QED) is 0.834. The highest BCUT2D eigenvalue weighted by Gasteiger charge is 2.63. The van der Waals surface area contributed by atoms with E-state index >= 15 is 0 Å². The highest BCUT2D eigenvalue weighted by molar-refractivity contribution is 6.30. The number of fused-ring (bicyclic) bond motifs is 1. The van der Waals surface area contributed by atoms with Gasteiger partial charge < -0.3 is 5.11 Å². The predicted octanol–water partition coefficient (Wildman–Crippen LogP) is 3.43. The predicted molar refractivity (Wildman–Crippen MR) is 65.6 cm³/mol. The maximum absolute atomic E-state index is 10.6. The molecule has 1 nitrogen and oxygen atoms in total. The normalized spacial score (nSPS) is 36.9. The molecule has 0 amide bonds. The number of rotatable bonds is 2. The largest absolute Gasteiger partial charge is 0.389 e. The first-order valence-electron chi connectivity index (χ1n) is 6.17. The highest BCUT2D eigenvalue weighted by atomic mass is 35.5. The summed E-state index contributed by atoms with van der Waals surface area (Å²) in [6.45, 7) is 0. The molecular weight excluding hydrogens is 220 g/mol. The van der Waals surface area contributed by atoms with Crippen LogP contribution in [-0.2, 0) is 6.42 Å². The van der Waals surface area contributed by atoms with Crippen molar-refractivity contribution in [2.75, 3.05) is 0 Å². The lowest BCUT2D eigenvalue weighted by molar-refractivity contribution is 0.119. The van der Waals surface area contributed by atoms with E-state index < -0.39 is 5.60 Å². The molecule has 2 aliphatic carbocycles. The van der Waals surface area contributed by atoms with Crippen LogP contribution >= 0.6 is 11.6 Å². The number of hydrogen-bond donors (Lipinski definition) is 1. The fourth-order valence-electron chi connectivity index (χ4n) is 3.45. The number of hydrogen-bond acceptors (Lipinski definition) is 1. The van der Waals surface area contributed by atoms with E-state index in [4.69, 9.17) is 11.6 Å². The van der Waals surface area contributed by atoms with E-state index in [1.807, 2.05) is 18.2 Å². The summed E-state index contributed by atoms with van der Waals surface area (Å²) in [4.78, 5) is 0. The molecule has 1 N–H and O–H groups in total. The second kappa shape index (κ2) is 3.75. The van der Waals surface area contributed by atoms with Crippen LogP contribution in [0.2, 0.25) is 5.02 Å². The van der Waals surface area contributed by atoms with Crippen molar-refractivity contribution in [1.82, 2.24) is 0 Å². The molecule has 2 saturated carbocycles.